The first-order chi connectivity index (χ1) is 7.88. The van der Waals surface area contributed by atoms with E-state index in [-0.39, 0.29) is 12.8 Å². The lowest BCUT2D eigenvalue weighted by molar-refractivity contribution is -0.144. The Labute approximate surface area is 103 Å². The fourth-order valence-corrected chi connectivity index (χ4v) is 4.34. The first kappa shape index (κ1) is 14.4. The van der Waals surface area contributed by atoms with Gasteiger partial charge in [-0.1, -0.05) is 26.7 Å². The number of aliphatic carboxylic acids is 1. The van der Waals surface area contributed by atoms with E-state index >= 15 is 0 Å². The van der Waals surface area contributed by atoms with Gasteiger partial charge in [0.2, 0.25) is 10.0 Å². The molecule has 0 aromatic heterocycles. The summed E-state index contributed by atoms with van der Waals surface area (Å²) in [4.78, 5) is 11.2. The highest BCUT2D eigenvalue weighted by molar-refractivity contribution is 7.90. The maximum Gasteiger partial charge on any atom is 0.324 e. The molecule has 0 bridgehead atoms. The molecule has 0 saturated heterocycles. The maximum absolute atomic E-state index is 12.1. The third kappa shape index (κ3) is 2.98. The smallest absolute Gasteiger partial charge is 0.324 e. The summed E-state index contributed by atoms with van der Waals surface area (Å²) in [6.45, 7) is 3.38. The fourth-order valence-electron chi connectivity index (χ4n) is 2.29. The molecule has 0 spiro atoms. The van der Waals surface area contributed by atoms with Crippen LogP contribution >= 0.6 is 0 Å². The Balaban J connectivity index is 2.89. The van der Waals surface area contributed by atoms with Crippen LogP contribution < -0.4 is 4.72 Å². The van der Waals surface area contributed by atoms with Gasteiger partial charge in [-0.2, -0.15) is 4.72 Å². The number of carbonyl (C=O) groups is 1. The summed E-state index contributed by atoms with van der Waals surface area (Å²) in [6, 6.07) is 0. The van der Waals surface area contributed by atoms with Crippen molar-refractivity contribution in [3.05, 3.63) is 0 Å². The predicted molar refractivity (Wildman–Crippen MR) is 65.3 cm³/mol. The van der Waals surface area contributed by atoms with E-state index in [0.29, 0.717) is 12.8 Å². The number of carboxylic acid groups (broad SMARTS) is 1. The average Bonchev–Trinajstić information content (AvgIpc) is 2.79. The molecule has 0 unspecified atom stereocenters. The van der Waals surface area contributed by atoms with E-state index in [1.807, 2.05) is 0 Å². The Morgan fingerprint density at radius 3 is 2.12 bits per heavy atom. The second-order valence-electron chi connectivity index (χ2n) is 4.65. The van der Waals surface area contributed by atoms with Crippen LogP contribution in [0.15, 0.2) is 0 Å². The number of hydrogen-bond donors (Lipinski definition) is 2. The summed E-state index contributed by atoms with van der Waals surface area (Å²) in [5.74, 6) is -1.09. The highest BCUT2D eigenvalue weighted by atomic mass is 32.2. The molecule has 1 aliphatic rings. The van der Waals surface area contributed by atoms with Crippen LogP contribution in [0, 0.1) is 0 Å². The van der Waals surface area contributed by atoms with Crippen LogP contribution in [0.25, 0.3) is 0 Å². The van der Waals surface area contributed by atoms with Gasteiger partial charge in [-0.05, 0) is 25.7 Å². The zero-order chi connectivity index (χ0) is 13.1. The third-order valence-electron chi connectivity index (χ3n) is 3.70. The first-order valence-electron chi connectivity index (χ1n) is 6.14. The second-order valence-corrected chi connectivity index (χ2v) is 6.61. The van der Waals surface area contributed by atoms with Gasteiger partial charge in [0.05, 0.1) is 5.25 Å². The van der Waals surface area contributed by atoms with Crippen LogP contribution in [-0.2, 0) is 14.8 Å². The van der Waals surface area contributed by atoms with E-state index < -0.39 is 26.8 Å². The molecule has 5 nitrogen and oxygen atoms in total. The Morgan fingerprint density at radius 1 is 1.29 bits per heavy atom. The van der Waals surface area contributed by atoms with Crippen LogP contribution in [0.3, 0.4) is 0 Å². The molecular formula is C11H21NO4S. The molecule has 17 heavy (non-hydrogen) atoms. The van der Waals surface area contributed by atoms with Crippen molar-refractivity contribution in [2.45, 2.75) is 63.2 Å². The molecule has 1 rings (SSSR count). The molecular weight excluding hydrogens is 242 g/mol. The van der Waals surface area contributed by atoms with E-state index in [0.717, 1.165) is 12.8 Å². The molecule has 1 saturated carbocycles. The van der Waals surface area contributed by atoms with E-state index in [4.69, 9.17) is 0 Å². The van der Waals surface area contributed by atoms with E-state index in [1.165, 1.54) is 0 Å². The standard InChI is InChI=1S/C11H21NO4S/c1-3-11(4-2,10(13)14)12-17(15,16)9-7-5-6-8-9/h9,12H,3-8H2,1-2H3,(H,13,14). The van der Waals surface area contributed by atoms with Crippen LogP contribution in [0.4, 0.5) is 0 Å². The van der Waals surface area contributed by atoms with Crippen LogP contribution in [0.5, 0.6) is 0 Å². The van der Waals surface area contributed by atoms with E-state index in [2.05, 4.69) is 4.72 Å². The molecule has 0 amide bonds. The van der Waals surface area contributed by atoms with Crippen molar-refractivity contribution in [2.24, 2.45) is 0 Å². The topological polar surface area (TPSA) is 83.5 Å². The highest BCUT2D eigenvalue weighted by Crippen LogP contribution is 2.26. The summed E-state index contributed by atoms with van der Waals surface area (Å²) in [7, 11) is -3.52. The van der Waals surface area contributed by atoms with Gasteiger partial charge in [-0.25, -0.2) is 8.42 Å². The minimum Gasteiger partial charge on any atom is -0.480 e. The van der Waals surface area contributed by atoms with Crippen molar-refractivity contribution in [1.82, 2.24) is 4.72 Å². The largest absolute Gasteiger partial charge is 0.480 e. The molecule has 6 heteroatoms. The van der Waals surface area contributed by atoms with Gasteiger partial charge in [-0.3, -0.25) is 4.79 Å². The van der Waals surface area contributed by atoms with Crippen molar-refractivity contribution in [1.29, 1.82) is 0 Å². The van der Waals surface area contributed by atoms with Crippen LogP contribution in [0.2, 0.25) is 0 Å². The van der Waals surface area contributed by atoms with Gasteiger partial charge in [0.25, 0.3) is 0 Å². The summed E-state index contributed by atoms with van der Waals surface area (Å²) in [5.41, 5.74) is -1.35. The lowest BCUT2D eigenvalue weighted by Gasteiger charge is -2.29. The molecule has 0 aliphatic heterocycles. The molecule has 0 aromatic carbocycles. The molecule has 2 N–H and O–H groups in total. The van der Waals surface area contributed by atoms with Crippen LogP contribution in [-0.4, -0.2) is 30.3 Å². The third-order valence-corrected chi connectivity index (χ3v) is 5.72. The highest BCUT2D eigenvalue weighted by Gasteiger charge is 2.41. The van der Waals surface area contributed by atoms with Gasteiger partial charge in [0.15, 0.2) is 0 Å². The van der Waals surface area contributed by atoms with E-state index in [1.54, 1.807) is 13.8 Å². The summed E-state index contributed by atoms with van der Waals surface area (Å²) in [6.07, 6.45) is 3.60. The van der Waals surface area contributed by atoms with Crippen LogP contribution in [0.1, 0.15) is 52.4 Å². The number of rotatable bonds is 6. The summed E-state index contributed by atoms with van der Waals surface area (Å²) >= 11 is 0. The summed E-state index contributed by atoms with van der Waals surface area (Å²) in [5, 5.41) is 8.79. The quantitative estimate of drug-likeness (QED) is 0.760. The van der Waals surface area contributed by atoms with Gasteiger partial charge in [-0.15, -0.1) is 0 Å². The molecule has 0 atom stereocenters. The Kier molecular flexibility index (Phi) is 4.55. The normalized spacial score (nSPS) is 18.5. The Morgan fingerprint density at radius 2 is 1.76 bits per heavy atom. The van der Waals surface area contributed by atoms with Crippen molar-refractivity contribution >= 4 is 16.0 Å². The van der Waals surface area contributed by atoms with Crippen molar-refractivity contribution in [2.75, 3.05) is 0 Å². The van der Waals surface area contributed by atoms with Crippen molar-refractivity contribution < 1.29 is 18.3 Å². The minimum atomic E-state index is -3.52. The summed E-state index contributed by atoms with van der Waals surface area (Å²) < 4.78 is 26.6. The lowest BCUT2D eigenvalue weighted by atomic mass is 9.95. The SMILES string of the molecule is CCC(CC)(NS(=O)(=O)C1CCCC1)C(=O)O. The van der Waals surface area contributed by atoms with Gasteiger partial charge in [0.1, 0.15) is 5.54 Å². The van der Waals surface area contributed by atoms with Gasteiger partial charge < -0.3 is 5.11 Å². The molecule has 1 aliphatic carbocycles. The zero-order valence-electron chi connectivity index (χ0n) is 10.4. The number of nitrogens with one attached hydrogen (secondary N) is 1. The zero-order valence-corrected chi connectivity index (χ0v) is 11.2. The molecule has 100 valence electrons. The Bertz CT molecular complexity index is 367. The van der Waals surface area contributed by atoms with Crippen molar-refractivity contribution in [3.8, 4) is 0 Å². The Hall–Kier alpha value is -0.620. The van der Waals surface area contributed by atoms with Crippen molar-refractivity contribution in [3.63, 3.8) is 0 Å². The second kappa shape index (κ2) is 5.35. The number of hydrogen-bond acceptors (Lipinski definition) is 3. The maximum atomic E-state index is 12.1. The lowest BCUT2D eigenvalue weighted by Crippen LogP contribution is -2.55. The van der Waals surface area contributed by atoms with Gasteiger partial charge in [0, 0.05) is 0 Å². The number of sulfonamides is 1. The average molecular weight is 263 g/mol. The molecule has 0 heterocycles. The number of carboxylic acids is 1. The molecule has 0 radical (unpaired) electrons. The first-order valence-corrected chi connectivity index (χ1v) is 7.69. The molecule has 0 aromatic rings. The van der Waals surface area contributed by atoms with Gasteiger partial charge >= 0.3 is 5.97 Å². The minimum absolute atomic E-state index is 0.255. The predicted octanol–water partition coefficient (Wildman–Crippen LogP) is 1.49. The monoisotopic (exact) mass is 263 g/mol. The fraction of sp³-hybridized carbons (Fsp3) is 0.909. The molecule has 1 fully saturated rings. The van der Waals surface area contributed by atoms with E-state index in [9.17, 15) is 18.3 Å².